The Balaban J connectivity index is 1.61. The molecule has 3 rings (SSSR count). The lowest BCUT2D eigenvalue weighted by Crippen LogP contribution is -2.38. The molecule has 0 saturated carbocycles. The Bertz CT molecular complexity index is 944. The summed E-state index contributed by atoms with van der Waals surface area (Å²) in [7, 11) is -3.21. The van der Waals surface area contributed by atoms with Crippen LogP contribution in [0.3, 0.4) is 0 Å². The van der Waals surface area contributed by atoms with Crippen LogP contribution in [-0.2, 0) is 14.6 Å². The molecule has 23 heavy (non-hydrogen) atoms. The van der Waals surface area contributed by atoms with Crippen molar-refractivity contribution in [2.45, 2.75) is 6.04 Å². The van der Waals surface area contributed by atoms with Crippen LogP contribution in [0.5, 0.6) is 5.75 Å². The Morgan fingerprint density at radius 2 is 2.09 bits per heavy atom. The minimum Gasteiger partial charge on any atom is -0.484 e. The van der Waals surface area contributed by atoms with Gasteiger partial charge in [0, 0.05) is 22.9 Å². The quantitative estimate of drug-likeness (QED) is 0.821. The van der Waals surface area contributed by atoms with Gasteiger partial charge in [-0.2, -0.15) is 0 Å². The van der Waals surface area contributed by atoms with Crippen LogP contribution in [0.2, 0.25) is 0 Å². The molecule has 0 fully saturated rings. The summed E-state index contributed by atoms with van der Waals surface area (Å²) < 4.78 is 32.9. The van der Waals surface area contributed by atoms with Crippen molar-refractivity contribution in [1.29, 1.82) is 0 Å². The van der Waals surface area contributed by atoms with Crippen LogP contribution in [0, 0.1) is 0 Å². The number of hydrogen-bond donors (Lipinski definition) is 1. The molecule has 1 aromatic heterocycles. The van der Waals surface area contributed by atoms with Gasteiger partial charge < -0.3 is 14.5 Å². The number of nitrogens with one attached hydrogen (secondary N) is 1. The summed E-state index contributed by atoms with van der Waals surface area (Å²) in [6.07, 6.45) is 1.43. The fourth-order valence-electron chi connectivity index (χ4n) is 2.19. The highest BCUT2D eigenvalue weighted by Gasteiger charge is 2.23. The summed E-state index contributed by atoms with van der Waals surface area (Å²) >= 11 is 0. The Morgan fingerprint density at radius 1 is 1.30 bits per heavy atom. The molecule has 120 valence electrons. The van der Waals surface area contributed by atoms with Gasteiger partial charge in [-0.05, 0) is 24.3 Å². The number of amides is 1. The van der Waals surface area contributed by atoms with Crippen molar-refractivity contribution in [1.82, 2.24) is 5.32 Å². The van der Waals surface area contributed by atoms with Crippen molar-refractivity contribution >= 4 is 26.7 Å². The largest absolute Gasteiger partial charge is 0.484 e. The van der Waals surface area contributed by atoms with Crippen molar-refractivity contribution in [2.24, 2.45) is 0 Å². The van der Waals surface area contributed by atoms with E-state index < -0.39 is 27.4 Å². The maximum atomic E-state index is 11.8. The number of carbonyl (C=O) groups excluding carboxylic acids is 1. The molecule has 1 aliphatic heterocycles. The summed E-state index contributed by atoms with van der Waals surface area (Å²) in [5.74, 6) is -0.206. The molecular formula is C15H13NO6S. The van der Waals surface area contributed by atoms with Gasteiger partial charge in [-0.25, -0.2) is 13.2 Å². The van der Waals surface area contributed by atoms with E-state index >= 15 is 0 Å². The molecule has 0 spiro atoms. The average Bonchev–Trinajstić information content (AvgIpc) is 2.83. The van der Waals surface area contributed by atoms with Crippen LogP contribution in [0.1, 0.15) is 0 Å². The van der Waals surface area contributed by atoms with E-state index in [1.54, 1.807) is 18.2 Å². The third kappa shape index (κ3) is 3.78. The maximum Gasteiger partial charge on any atom is 0.336 e. The third-order valence-electron chi connectivity index (χ3n) is 3.24. The van der Waals surface area contributed by atoms with Crippen LogP contribution in [-0.4, -0.2) is 32.7 Å². The molecule has 1 amide bonds. The lowest BCUT2D eigenvalue weighted by molar-refractivity contribution is -0.123. The summed E-state index contributed by atoms with van der Waals surface area (Å²) in [6, 6.07) is 7.28. The predicted molar refractivity (Wildman–Crippen MR) is 82.8 cm³/mol. The van der Waals surface area contributed by atoms with Gasteiger partial charge in [0.15, 0.2) is 16.4 Å². The number of carbonyl (C=O) groups is 1. The van der Waals surface area contributed by atoms with Gasteiger partial charge in [-0.1, -0.05) is 0 Å². The zero-order chi connectivity index (χ0) is 16.4. The smallest absolute Gasteiger partial charge is 0.336 e. The van der Waals surface area contributed by atoms with E-state index in [1.807, 2.05) is 0 Å². The monoisotopic (exact) mass is 335 g/mol. The predicted octanol–water partition coefficient (Wildman–Crippen LogP) is 0.599. The zero-order valence-electron chi connectivity index (χ0n) is 11.9. The lowest BCUT2D eigenvalue weighted by Gasteiger charge is -2.11. The van der Waals surface area contributed by atoms with Gasteiger partial charge in [-0.15, -0.1) is 0 Å². The minimum atomic E-state index is -3.21. The number of fused-ring (bicyclic) bond motifs is 1. The van der Waals surface area contributed by atoms with Crippen molar-refractivity contribution in [2.75, 3.05) is 12.4 Å². The van der Waals surface area contributed by atoms with Gasteiger partial charge in [0.2, 0.25) is 0 Å². The van der Waals surface area contributed by atoms with Crippen LogP contribution >= 0.6 is 0 Å². The van der Waals surface area contributed by atoms with Gasteiger partial charge in [0.1, 0.15) is 11.3 Å². The molecule has 1 N–H and O–H groups in total. The summed E-state index contributed by atoms with van der Waals surface area (Å²) in [4.78, 5) is 22.9. The molecule has 7 nitrogen and oxygen atoms in total. The molecule has 0 saturated heterocycles. The van der Waals surface area contributed by atoms with E-state index in [0.717, 1.165) is 10.8 Å². The van der Waals surface area contributed by atoms with Crippen molar-refractivity contribution in [3.05, 3.63) is 52.2 Å². The summed E-state index contributed by atoms with van der Waals surface area (Å²) in [5, 5.41) is 4.37. The SMILES string of the molecule is O=C(COc1ccc2ccc(=O)oc2c1)N[C@H]1C=CS(=O)(=O)C1. The van der Waals surface area contributed by atoms with E-state index in [0.29, 0.717) is 11.3 Å². The van der Waals surface area contributed by atoms with Gasteiger partial charge in [0.05, 0.1) is 11.8 Å². The second-order valence-electron chi connectivity index (χ2n) is 5.07. The first-order valence-electron chi connectivity index (χ1n) is 6.78. The molecule has 8 heteroatoms. The zero-order valence-corrected chi connectivity index (χ0v) is 12.7. The standard InChI is InChI=1S/C15H13NO6S/c17-14(16-11-5-6-23(19,20)9-11)8-21-12-3-1-10-2-4-15(18)22-13(10)7-12/h1-7,11H,8-9H2,(H,16,17)/t11-/m0/s1. The lowest BCUT2D eigenvalue weighted by atomic mass is 10.2. The van der Waals surface area contributed by atoms with Gasteiger partial charge in [-0.3, -0.25) is 4.79 Å². The number of hydrogen-bond acceptors (Lipinski definition) is 6. The Kier molecular flexibility index (Phi) is 3.91. The molecule has 0 unspecified atom stereocenters. The van der Waals surface area contributed by atoms with Crippen LogP contribution in [0.25, 0.3) is 11.0 Å². The molecule has 0 aliphatic carbocycles. The molecule has 0 radical (unpaired) electrons. The molecule has 1 aromatic carbocycles. The van der Waals surface area contributed by atoms with Crippen LogP contribution < -0.4 is 15.7 Å². The maximum absolute atomic E-state index is 11.8. The first-order valence-corrected chi connectivity index (χ1v) is 8.50. The van der Waals surface area contributed by atoms with E-state index in [4.69, 9.17) is 9.15 Å². The molecule has 0 bridgehead atoms. The molecular weight excluding hydrogens is 322 g/mol. The van der Waals surface area contributed by atoms with Gasteiger partial charge in [0.25, 0.3) is 5.91 Å². The van der Waals surface area contributed by atoms with Crippen molar-refractivity contribution in [3.63, 3.8) is 0 Å². The second-order valence-corrected chi connectivity index (χ2v) is 7.01. The van der Waals surface area contributed by atoms with Gasteiger partial charge >= 0.3 is 5.63 Å². The second kappa shape index (κ2) is 5.88. The molecule has 1 aliphatic rings. The van der Waals surface area contributed by atoms with E-state index in [-0.39, 0.29) is 12.4 Å². The van der Waals surface area contributed by atoms with E-state index in [1.165, 1.54) is 18.2 Å². The highest BCUT2D eigenvalue weighted by Crippen LogP contribution is 2.19. The topological polar surface area (TPSA) is 103 Å². The van der Waals surface area contributed by atoms with Crippen LogP contribution in [0.15, 0.2) is 51.0 Å². The molecule has 1 atom stereocenters. The summed E-state index contributed by atoms with van der Waals surface area (Å²) in [6.45, 7) is -0.271. The van der Waals surface area contributed by atoms with Crippen LogP contribution in [0.4, 0.5) is 0 Å². The van der Waals surface area contributed by atoms with Crippen molar-refractivity contribution in [3.8, 4) is 5.75 Å². The Hall–Kier alpha value is -2.61. The normalized spacial score (nSPS) is 18.9. The number of sulfone groups is 1. The Morgan fingerprint density at radius 3 is 2.83 bits per heavy atom. The third-order valence-corrected chi connectivity index (χ3v) is 4.64. The highest BCUT2D eigenvalue weighted by molar-refractivity contribution is 7.94. The van der Waals surface area contributed by atoms with E-state index in [9.17, 15) is 18.0 Å². The molecule has 2 aromatic rings. The number of rotatable bonds is 4. The number of ether oxygens (including phenoxy) is 1. The molecule has 2 heterocycles. The Labute approximate surface area is 131 Å². The first-order chi connectivity index (χ1) is 10.9. The van der Waals surface area contributed by atoms with E-state index in [2.05, 4.69) is 5.32 Å². The highest BCUT2D eigenvalue weighted by atomic mass is 32.2. The first kappa shape index (κ1) is 15.3. The average molecular weight is 335 g/mol. The number of benzene rings is 1. The van der Waals surface area contributed by atoms with Crippen molar-refractivity contribution < 1.29 is 22.4 Å². The minimum absolute atomic E-state index is 0.139. The fourth-order valence-corrected chi connectivity index (χ4v) is 3.43. The summed E-state index contributed by atoms with van der Waals surface area (Å²) in [5.41, 5.74) is -0.109. The fraction of sp³-hybridized carbons (Fsp3) is 0.200.